The summed E-state index contributed by atoms with van der Waals surface area (Å²) in [4.78, 5) is 13.3. The highest BCUT2D eigenvalue weighted by Gasteiger charge is 2.56. The maximum atomic E-state index is 13.3. The number of Topliss-reactive ketones (excluding diaryl/α,β-unsaturated/α-hetero) is 1. The molecule has 0 amide bonds. The second kappa shape index (κ2) is 10.4. The van der Waals surface area contributed by atoms with Gasteiger partial charge >= 0.3 is 0 Å². The van der Waals surface area contributed by atoms with Crippen LogP contribution in [0.5, 0.6) is 0 Å². The molecule has 4 rings (SSSR count). The Bertz CT molecular complexity index is 1130. The molecule has 3 aliphatic rings. The van der Waals surface area contributed by atoms with E-state index in [-0.39, 0.29) is 23.7 Å². The molecule has 3 fully saturated rings. The fourth-order valence-electron chi connectivity index (χ4n) is 7.93. The molecule has 0 aromatic carbocycles. The minimum absolute atomic E-state index is 0.0595. The lowest BCUT2D eigenvalue weighted by Gasteiger charge is -2.52. The molecule has 1 heterocycles. The monoisotopic (exact) mass is 514 g/mol. The Labute approximate surface area is 216 Å². The minimum atomic E-state index is -2.62. The van der Waals surface area contributed by atoms with Crippen molar-refractivity contribution >= 4 is 15.5 Å². The SMILES string of the molecule is C[C@@](O)(CC/C=C\S(C)(=N)=O)C[C@H]1CC[C@@H]2[C@H](CC[C@]3(C)[C@@H](C(=O)Cn4cc(C#N)cn4)CC[C@@H]23)C1. The first-order chi connectivity index (χ1) is 16.9. The predicted molar refractivity (Wildman–Crippen MR) is 140 cm³/mol. The van der Waals surface area contributed by atoms with Crippen LogP contribution in [0.25, 0.3) is 0 Å². The molecule has 2 N–H and O–H groups in total. The van der Waals surface area contributed by atoms with Gasteiger partial charge in [-0.2, -0.15) is 10.4 Å². The van der Waals surface area contributed by atoms with E-state index in [0.29, 0.717) is 42.1 Å². The van der Waals surface area contributed by atoms with E-state index in [4.69, 9.17) is 10.0 Å². The Kier molecular flexibility index (Phi) is 7.83. The van der Waals surface area contributed by atoms with E-state index in [0.717, 1.165) is 38.5 Å². The van der Waals surface area contributed by atoms with Gasteiger partial charge in [0.2, 0.25) is 0 Å². The number of allylic oxidation sites excluding steroid dienone is 1. The molecule has 7 nitrogen and oxygen atoms in total. The van der Waals surface area contributed by atoms with Crippen molar-refractivity contribution in [1.29, 1.82) is 10.0 Å². The van der Waals surface area contributed by atoms with E-state index in [9.17, 15) is 14.1 Å². The molecular formula is C28H42N4O3S. The van der Waals surface area contributed by atoms with Crippen molar-refractivity contribution in [2.24, 2.45) is 35.0 Å². The Balaban J connectivity index is 1.32. The maximum Gasteiger partial charge on any atom is 0.157 e. The number of aromatic nitrogens is 2. The van der Waals surface area contributed by atoms with Gasteiger partial charge in [-0.1, -0.05) is 19.4 Å². The number of hydrogen-bond donors (Lipinski definition) is 2. The Morgan fingerprint density at radius 1 is 1.39 bits per heavy atom. The summed E-state index contributed by atoms with van der Waals surface area (Å²) in [5.74, 6) is 2.81. The first-order valence-corrected chi connectivity index (χ1v) is 15.5. The number of carbonyl (C=O) groups is 1. The molecule has 1 unspecified atom stereocenters. The van der Waals surface area contributed by atoms with E-state index >= 15 is 0 Å². The second-order valence-corrected chi connectivity index (χ2v) is 14.5. The van der Waals surface area contributed by atoms with Gasteiger partial charge in [-0.25, -0.2) is 8.99 Å². The smallest absolute Gasteiger partial charge is 0.157 e. The number of nitrogens with one attached hydrogen (secondary N) is 1. The molecule has 0 aliphatic heterocycles. The van der Waals surface area contributed by atoms with Gasteiger partial charge in [-0.15, -0.1) is 0 Å². The van der Waals surface area contributed by atoms with Crippen LogP contribution < -0.4 is 0 Å². The molecule has 0 radical (unpaired) electrons. The van der Waals surface area contributed by atoms with Crippen LogP contribution in [0.4, 0.5) is 0 Å². The number of hydrogen-bond acceptors (Lipinski definition) is 6. The third-order valence-corrected chi connectivity index (χ3v) is 10.2. The number of ketones is 1. The summed E-state index contributed by atoms with van der Waals surface area (Å²) in [6, 6.07) is 2.08. The zero-order valence-corrected chi connectivity index (χ0v) is 22.8. The molecular weight excluding hydrogens is 472 g/mol. The number of nitrogens with zero attached hydrogens (tertiary/aromatic N) is 3. The van der Waals surface area contributed by atoms with Crippen LogP contribution in [0, 0.1) is 51.1 Å². The van der Waals surface area contributed by atoms with Crippen molar-refractivity contribution in [3.05, 3.63) is 29.4 Å². The van der Waals surface area contributed by atoms with Crippen LogP contribution in [-0.4, -0.2) is 36.7 Å². The third-order valence-electron chi connectivity index (χ3n) is 9.53. The van der Waals surface area contributed by atoms with Gasteiger partial charge in [-0.05, 0) is 93.8 Å². The fraction of sp³-hybridized carbons (Fsp3) is 0.750. The topological polar surface area (TPSA) is 120 Å². The molecule has 36 heavy (non-hydrogen) atoms. The van der Waals surface area contributed by atoms with Gasteiger partial charge in [0.25, 0.3) is 0 Å². The van der Waals surface area contributed by atoms with E-state index in [2.05, 4.69) is 18.1 Å². The maximum absolute atomic E-state index is 13.3. The summed E-state index contributed by atoms with van der Waals surface area (Å²) in [7, 11) is -2.62. The van der Waals surface area contributed by atoms with E-state index < -0.39 is 15.3 Å². The second-order valence-electron chi connectivity index (χ2n) is 12.4. The standard InChI is InChI=1S/C28H42N4O3S/c1-27(34,11-4-5-13-36(3,30)35)15-20-6-7-23-22(14-20)10-12-28(2)24(23)8-9-25(28)26(33)19-32-18-21(16-29)17-31-32/h5,13,17-18,20,22-25,30,34H,4,6-12,14-15,19H2,1-3H3/b13-5-/t20-,22+,23+,24-,25+,27+,28-,36?/m0/s1. The molecule has 1 aromatic rings. The van der Waals surface area contributed by atoms with Gasteiger partial charge in [0.15, 0.2) is 5.78 Å². The molecule has 3 aliphatic carbocycles. The van der Waals surface area contributed by atoms with Crippen molar-refractivity contribution in [2.45, 2.75) is 90.2 Å². The molecule has 0 bridgehead atoms. The van der Waals surface area contributed by atoms with Crippen LogP contribution in [0.15, 0.2) is 23.9 Å². The lowest BCUT2D eigenvalue weighted by Crippen LogP contribution is -2.46. The molecule has 8 atom stereocenters. The number of nitriles is 1. The largest absolute Gasteiger partial charge is 0.390 e. The van der Waals surface area contributed by atoms with Crippen molar-refractivity contribution in [3.8, 4) is 6.07 Å². The third kappa shape index (κ3) is 6.11. The van der Waals surface area contributed by atoms with Crippen LogP contribution >= 0.6 is 0 Å². The van der Waals surface area contributed by atoms with Gasteiger partial charge in [0.1, 0.15) is 6.07 Å². The lowest BCUT2D eigenvalue weighted by atomic mass is 9.53. The first-order valence-electron chi connectivity index (χ1n) is 13.5. The zero-order valence-electron chi connectivity index (χ0n) is 22.0. The van der Waals surface area contributed by atoms with Gasteiger partial charge in [-0.3, -0.25) is 9.48 Å². The molecule has 0 spiro atoms. The normalized spacial score (nSPS) is 35.4. The highest BCUT2D eigenvalue weighted by atomic mass is 32.2. The summed E-state index contributed by atoms with van der Waals surface area (Å²) < 4.78 is 20.6. The summed E-state index contributed by atoms with van der Waals surface area (Å²) in [5, 5.41) is 25.7. The summed E-state index contributed by atoms with van der Waals surface area (Å²) in [5.41, 5.74) is -0.195. The van der Waals surface area contributed by atoms with Crippen LogP contribution in [-0.2, 0) is 21.1 Å². The molecule has 3 saturated carbocycles. The average Bonchev–Trinajstić information content (AvgIpc) is 3.39. The number of carbonyl (C=O) groups excluding carboxylic acids is 1. The summed E-state index contributed by atoms with van der Waals surface area (Å²) in [6.07, 6.45) is 16.3. The molecule has 8 heteroatoms. The van der Waals surface area contributed by atoms with Gasteiger partial charge < -0.3 is 5.11 Å². The Morgan fingerprint density at radius 2 is 2.17 bits per heavy atom. The quantitative estimate of drug-likeness (QED) is 0.464. The van der Waals surface area contributed by atoms with Crippen LogP contribution in [0.3, 0.4) is 0 Å². The van der Waals surface area contributed by atoms with Crippen molar-refractivity contribution in [3.63, 3.8) is 0 Å². The Hall–Kier alpha value is -1.98. The summed E-state index contributed by atoms with van der Waals surface area (Å²) in [6.45, 7) is 4.52. The fourth-order valence-corrected chi connectivity index (χ4v) is 8.43. The van der Waals surface area contributed by atoms with Crippen LogP contribution in [0.2, 0.25) is 0 Å². The number of aliphatic hydroxyl groups is 1. The minimum Gasteiger partial charge on any atom is -0.390 e. The van der Waals surface area contributed by atoms with E-state index in [1.807, 2.05) is 6.92 Å². The average molecular weight is 515 g/mol. The van der Waals surface area contributed by atoms with Crippen molar-refractivity contribution < 1.29 is 14.1 Å². The van der Waals surface area contributed by atoms with Gasteiger partial charge in [0, 0.05) is 23.8 Å². The van der Waals surface area contributed by atoms with Crippen molar-refractivity contribution in [2.75, 3.05) is 6.26 Å². The lowest BCUT2D eigenvalue weighted by molar-refractivity contribution is -0.130. The van der Waals surface area contributed by atoms with Gasteiger partial charge in [0.05, 0.1) is 33.6 Å². The zero-order chi connectivity index (χ0) is 26.1. The summed E-state index contributed by atoms with van der Waals surface area (Å²) >= 11 is 0. The predicted octanol–water partition coefficient (Wildman–Crippen LogP) is 5.29. The van der Waals surface area contributed by atoms with E-state index in [1.165, 1.54) is 30.7 Å². The molecule has 1 aromatic heterocycles. The number of fused-ring (bicyclic) bond motifs is 3. The molecule has 0 saturated heterocycles. The highest BCUT2D eigenvalue weighted by molar-refractivity contribution is 7.94. The Morgan fingerprint density at radius 3 is 2.86 bits per heavy atom. The molecule has 198 valence electrons. The first kappa shape index (κ1) is 27.1. The van der Waals surface area contributed by atoms with Crippen molar-refractivity contribution in [1.82, 2.24) is 9.78 Å². The van der Waals surface area contributed by atoms with Crippen LogP contribution in [0.1, 0.15) is 83.6 Å². The highest BCUT2D eigenvalue weighted by Crippen LogP contribution is 2.62. The van der Waals surface area contributed by atoms with E-state index in [1.54, 1.807) is 17.0 Å². The number of rotatable bonds is 9.